The average molecular weight is 380 g/mol. The van der Waals surface area contributed by atoms with E-state index in [-0.39, 0.29) is 15.5 Å². The molecule has 1 aliphatic rings. The monoisotopic (exact) mass is 379 g/mol. The maximum absolute atomic E-state index is 13.0. The van der Waals surface area contributed by atoms with E-state index in [1.54, 1.807) is 48.5 Å². The molecular weight excluding hydrogens is 358 g/mol. The number of benzene rings is 2. The molecule has 2 aromatic rings. The summed E-state index contributed by atoms with van der Waals surface area (Å²) >= 11 is 0. The second kappa shape index (κ2) is 6.90. The summed E-state index contributed by atoms with van der Waals surface area (Å²) < 4.78 is 52.5. The molecule has 7 heteroatoms. The molecule has 5 nitrogen and oxygen atoms in total. The Morgan fingerprint density at radius 1 is 0.960 bits per heavy atom. The Morgan fingerprint density at radius 2 is 1.64 bits per heavy atom. The van der Waals surface area contributed by atoms with E-state index in [9.17, 15) is 16.8 Å². The predicted octanol–water partition coefficient (Wildman–Crippen LogP) is 2.62. The summed E-state index contributed by atoms with van der Waals surface area (Å²) in [5.41, 5.74) is 0.855. The first kappa shape index (κ1) is 18.1. The number of sulfonamides is 1. The largest absolute Gasteiger partial charge is 0.243 e. The van der Waals surface area contributed by atoms with Crippen molar-refractivity contribution in [2.45, 2.75) is 35.6 Å². The van der Waals surface area contributed by atoms with Gasteiger partial charge in [0.1, 0.15) is 0 Å². The van der Waals surface area contributed by atoms with Gasteiger partial charge < -0.3 is 0 Å². The van der Waals surface area contributed by atoms with Crippen molar-refractivity contribution in [1.29, 1.82) is 0 Å². The SMILES string of the molecule is Cc1cccc(S(=O)(=O)N2CCCC2CS(=O)(=O)c2ccccc2)c1. The summed E-state index contributed by atoms with van der Waals surface area (Å²) in [5, 5.41) is 0. The average Bonchev–Trinajstić information content (AvgIpc) is 3.04. The molecule has 2 aromatic carbocycles. The molecule has 1 unspecified atom stereocenters. The highest BCUT2D eigenvalue weighted by Gasteiger charge is 2.38. The molecule has 25 heavy (non-hydrogen) atoms. The molecule has 0 aromatic heterocycles. The van der Waals surface area contributed by atoms with Gasteiger partial charge in [-0.1, -0.05) is 30.3 Å². The Morgan fingerprint density at radius 3 is 2.32 bits per heavy atom. The Bertz CT molecular complexity index is 954. The molecule has 1 fully saturated rings. The molecule has 1 aliphatic heterocycles. The van der Waals surface area contributed by atoms with Gasteiger partial charge in [0.25, 0.3) is 0 Å². The Kier molecular flexibility index (Phi) is 4.99. The van der Waals surface area contributed by atoms with Crippen molar-refractivity contribution in [3.05, 3.63) is 60.2 Å². The van der Waals surface area contributed by atoms with Crippen LogP contribution in [0.15, 0.2) is 64.4 Å². The smallest absolute Gasteiger partial charge is 0.224 e. The minimum atomic E-state index is -3.70. The van der Waals surface area contributed by atoms with Gasteiger partial charge in [-0.15, -0.1) is 0 Å². The lowest BCUT2D eigenvalue weighted by molar-refractivity contribution is 0.407. The van der Waals surface area contributed by atoms with Crippen LogP contribution in [0.1, 0.15) is 18.4 Å². The third kappa shape index (κ3) is 3.78. The number of sulfone groups is 1. The van der Waals surface area contributed by atoms with Crippen LogP contribution < -0.4 is 0 Å². The molecule has 134 valence electrons. The van der Waals surface area contributed by atoms with Crippen LogP contribution in [0.4, 0.5) is 0 Å². The minimum absolute atomic E-state index is 0.192. The van der Waals surface area contributed by atoms with Crippen LogP contribution in [0.2, 0.25) is 0 Å². The topological polar surface area (TPSA) is 71.5 Å². The van der Waals surface area contributed by atoms with Gasteiger partial charge in [-0.25, -0.2) is 16.8 Å². The Balaban J connectivity index is 1.88. The van der Waals surface area contributed by atoms with E-state index in [1.807, 2.05) is 13.0 Å². The summed E-state index contributed by atoms with van der Waals surface area (Å²) in [6, 6.07) is 14.4. The summed E-state index contributed by atoms with van der Waals surface area (Å²) in [7, 11) is -7.23. The van der Waals surface area contributed by atoms with Crippen molar-refractivity contribution < 1.29 is 16.8 Å². The van der Waals surface area contributed by atoms with Crippen molar-refractivity contribution >= 4 is 19.9 Å². The number of hydrogen-bond acceptors (Lipinski definition) is 4. The van der Waals surface area contributed by atoms with Crippen molar-refractivity contribution in [2.75, 3.05) is 12.3 Å². The second-order valence-electron chi connectivity index (χ2n) is 6.32. The molecule has 1 saturated heterocycles. The molecule has 0 amide bonds. The summed E-state index contributed by atoms with van der Waals surface area (Å²) in [6.45, 7) is 2.19. The summed E-state index contributed by atoms with van der Waals surface area (Å²) in [5.74, 6) is -0.192. The molecule has 1 heterocycles. The highest BCUT2D eigenvalue weighted by atomic mass is 32.2. The number of rotatable bonds is 5. The molecule has 0 spiro atoms. The third-order valence-corrected chi connectivity index (χ3v) is 8.20. The van der Waals surface area contributed by atoms with Crippen LogP contribution in [0.25, 0.3) is 0 Å². The van der Waals surface area contributed by atoms with Gasteiger partial charge >= 0.3 is 0 Å². The molecule has 0 aliphatic carbocycles. The molecular formula is C18H21NO4S2. The standard InChI is InChI=1S/C18H21NO4S2/c1-15-7-5-11-18(13-15)25(22,23)19-12-6-8-16(19)14-24(20,21)17-9-3-2-4-10-17/h2-5,7,9-11,13,16H,6,8,12,14H2,1H3. The van der Waals surface area contributed by atoms with Crippen LogP contribution in [-0.2, 0) is 19.9 Å². The fraction of sp³-hybridized carbons (Fsp3) is 0.333. The molecule has 0 radical (unpaired) electrons. The number of aryl methyl sites for hydroxylation is 1. The molecule has 0 N–H and O–H groups in total. The van der Waals surface area contributed by atoms with E-state index >= 15 is 0 Å². The van der Waals surface area contributed by atoms with Gasteiger partial charge in [0, 0.05) is 12.6 Å². The maximum atomic E-state index is 13.0. The Labute approximate surface area is 149 Å². The lowest BCUT2D eigenvalue weighted by Gasteiger charge is -2.24. The first-order chi connectivity index (χ1) is 11.8. The minimum Gasteiger partial charge on any atom is -0.224 e. The van der Waals surface area contributed by atoms with Crippen LogP contribution in [0.3, 0.4) is 0 Å². The highest BCUT2D eigenvalue weighted by molar-refractivity contribution is 7.91. The van der Waals surface area contributed by atoms with Crippen molar-refractivity contribution in [3.63, 3.8) is 0 Å². The molecule has 3 rings (SSSR count). The van der Waals surface area contributed by atoms with E-state index in [1.165, 1.54) is 4.31 Å². The summed E-state index contributed by atoms with van der Waals surface area (Å²) in [6.07, 6.45) is 1.22. The van der Waals surface area contributed by atoms with Gasteiger partial charge in [-0.3, -0.25) is 0 Å². The zero-order valence-corrected chi connectivity index (χ0v) is 15.6. The van der Waals surface area contributed by atoms with E-state index in [0.717, 1.165) is 5.56 Å². The van der Waals surface area contributed by atoms with Crippen molar-refractivity contribution in [2.24, 2.45) is 0 Å². The molecule has 0 saturated carbocycles. The summed E-state index contributed by atoms with van der Waals surface area (Å²) in [4.78, 5) is 0.450. The fourth-order valence-corrected chi connectivity index (χ4v) is 6.69. The van der Waals surface area contributed by atoms with E-state index in [0.29, 0.717) is 19.4 Å². The van der Waals surface area contributed by atoms with E-state index < -0.39 is 25.9 Å². The molecule has 0 bridgehead atoms. The molecule has 1 atom stereocenters. The Hall–Kier alpha value is -1.70. The third-order valence-electron chi connectivity index (χ3n) is 4.43. The quantitative estimate of drug-likeness (QED) is 0.801. The van der Waals surface area contributed by atoms with E-state index in [4.69, 9.17) is 0 Å². The number of hydrogen-bond donors (Lipinski definition) is 0. The van der Waals surface area contributed by atoms with Gasteiger partial charge in [0.05, 0.1) is 15.5 Å². The van der Waals surface area contributed by atoms with Crippen molar-refractivity contribution in [3.8, 4) is 0 Å². The van der Waals surface area contributed by atoms with Crippen LogP contribution in [0.5, 0.6) is 0 Å². The van der Waals surface area contributed by atoms with Crippen molar-refractivity contribution in [1.82, 2.24) is 4.31 Å². The van der Waals surface area contributed by atoms with Gasteiger partial charge in [-0.2, -0.15) is 4.31 Å². The zero-order chi connectivity index (χ0) is 18.1. The predicted molar refractivity (Wildman–Crippen MR) is 96.6 cm³/mol. The lowest BCUT2D eigenvalue weighted by atomic mass is 10.2. The first-order valence-corrected chi connectivity index (χ1v) is 11.3. The van der Waals surface area contributed by atoms with Gasteiger partial charge in [-0.05, 0) is 49.6 Å². The first-order valence-electron chi connectivity index (χ1n) is 8.17. The van der Waals surface area contributed by atoms with Crippen LogP contribution in [0, 0.1) is 6.92 Å². The normalized spacial score (nSPS) is 19.2. The second-order valence-corrected chi connectivity index (χ2v) is 10.2. The zero-order valence-electron chi connectivity index (χ0n) is 14.0. The fourth-order valence-electron chi connectivity index (χ4n) is 3.18. The number of nitrogens with zero attached hydrogens (tertiary/aromatic N) is 1. The van der Waals surface area contributed by atoms with E-state index in [2.05, 4.69) is 0 Å². The highest BCUT2D eigenvalue weighted by Crippen LogP contribution is 2.28. The lowest BCUT2D eigenvalue weighted by Crippen LogP contribution is -2.39. The van der Waals surface area contributed by atoms with Gasteiger partial charge in [0.15, 0.2) is 9.84 Å². The van der Waals surface area contributed by atoms with Crippen LogP contribution in [-0.4, -0.2) is 39.5 Å². The van der Waals surface area contributed by atoms with Crippen LogP contribution >= 0.6 is 0 Å². The maximum Gasteiger partial charge on any atom is 0.243 e. The van der Waals surface area contributed by atoms with Gasteiger partial charge in [0.2, 0.25) is 10.0 Å².